The van der Waals surface area contributed by atoms with Crippen LogP contribution in [0.5, 0.6) is 0 Å². The van der Waals surface area contributed by atoms with E-state index >= 15 is 0 Å². The molecule has 2 N–H and O–H groups in total. The topological polar surface area (TPSA) is 51.8 Å². The summed E-state index contributed by atoms with van der Waals surface area (Å²) in [4.78, 5) is 7.89. The number of aromatic nitrogens is 2. The maximum absolute atomic E-state index is 5.35. The zero-order chi connectivity index (χ0) is 7.94. The van der Waals surface area contributed by atoms with Crippen molar-refractivity contribution in [1.82, 2.24) is 9.97 Å². The summed E-state index contributed by atoms with van der Waals surface area (Å²) < 4.78 is 0. The molecule has 0 radical (unpaired) electrons. The molecule has 11 heavy (non-hydrogen) atoms. The summed E-state index contributed by atoms with van der Waals surface area (Å²) in [6, 6.07) is 1.90. The van der Waals surface area contributed by atoms with Gasteiger partial charge in [-0.25, -0.2) is 9.97 Å². The average molecular weight is 169 g/mol. The van der Waals surface area contributed by atoms with Gasteiger partial charge in [-0.15, -0.1) is 11.8 Å². The van der Waals surface area contributed by atoms with Crippen molar-refractivity contribution < 1.29 is 0 Å². The van der Waals surface area contributed by atoms with Crippen molar-refractivity contribution in [3.8, 4) is 0 Å². The first kappa shape index (κ1) is 8.49. The highest BCUT2D eigenvalue weighted by Gasteiger charge is 1.91. The third-order valence-corrected chi connectivity index (χ3v) is 2.18. The van der Waals surface area contributed by atoms with E-state index in [4.69, 9.17) is 5.73 Å². The van der Waals surface area contributed by atoms with Gasteiger partial charge in [-0.2, -0.15) is 0 Å². The predicted octanol–water partition coefficient (Wildman–Crippen LogP) is 0.918. The molecule has 0 aliphatic rings. The van der Waals surface area contributed by atoms with Crippen LogP contribution in [0, 0.1) is 0 Å². The zero-order valence-corrected chi connectivity index (χ0v) is 7.05. The van der Waals surface area contributed by atoms with Gasteiger partial charge in [-0.05, 0) is 19.0 Å². The third kappa shape index (κ3) is 3.34. The maximum Gasteiger partial charge on any atom is 0.116 e. The van der Waals surface area contributed by atoms with Crippen LogP contribution in [0.3, 0.4) is 0 Å². The Labute approximate surface area is 70.4 Å². The lowest BCUT2D eigenvalue weighted by Crippen LogP contribution is -1.99. The molecule has 60 valence electrons. The van der Waals surface area contributed by atoms with Gasteiger partial charge in [0, 0.05) is 11.9 Å². The van der Waals surface area contributed by atoms with Gasteiger partial charge in [0.15, 0.2) is 0 Å². The van der Waals surface area contributed by atoms with E-state index < -0.39 is 0 Å². The highest BCUT2D eigenvalue weighted by Crippen LogP contribution is 2.13. The lowest BCUT2D eigenvalue weighted by atomic mass is 10.5. The minimum Gasteiger partial charge on any atom is -0.330 e. The Morgan fingerprint density at radius 1 is 1.55 bits per heavy atom. The van der Waals surface area contributed by atoms with Crippen LogP contribution in [0.4, 0.5) is 0 Å². The number of nitrogens with zero attached hydrogens (tertiary/aromatic N) is 2. The molecule has 0 bridgehead atoms. The lowest BCUT2D eigenvalue weighted by Gasteiger charge is -1.96. The molecule has 1 aromatic heterocycles. The van der Waals surface area contributed by atoms with Crippen LogP contribution in [0.25, 0.3) is 0 Å². The third-order valence-electron chi connectivity index (χ3n) is 1.15. The van der Waals surface area contributed by atoms with Crippen molar-refractivity contribution in [3.05, 3.63) is 18.6 Å². The van der Waals surface area contributed by atoms with Gasteiger partial charge >= 0.3 is 0 Å². The molecule has 1 rings (SSSR count). The summed E-state index contributed by atoms with van der Waals surface area (Å²) in [5, 5.41) is 1.02. The monoisotopic (exact) mass is 169 g/mol. The Morgan fingerprint density at radius 2 is 2.45 bits per heavy atom. The van der Waals surface area contributed by atoms with E-state index in [-0.39, 0.29) is 0 Å². The molecule has 1 heterocycles. The summed E-state index contributed by atoms with van der Waals surface area (Å²) in [6.07, 6.45) is 4.34. The molecule has 0 spiro atoms. The van der Waals surface area contributed by atoms with E-state index in [2.05, 4.69) is 9.97 Å². The summed E-state index contributed by atoms with van der Waals surface area (Å²) in [5.74, 6) is 1.04. The SMILES string of the molecule is NCCCSc1ccncn1. The van der Waals surface area contributed by atoms with Crippen molar-refractivity contribution in [2.75, 3.05) is 12.3 Å². The number of nitrogens with two attached hydrogens (primary N) is 1. The fourth-order valence-corrected chi connectivity index (χ4v) is 1.42. The van der Waals surface area contributed by atoms with Crippen LogP contribution in [0.1, 0.15) is 6.42 Å². The quantitative estimate of drug-likeness (QED) is 0.413. The van der Waals surface area contributed by atoms with Gasteiger partial charge in [0.1, 0.15) is 6.33 Å². The molecule has 1 aromatic rings. The van der Waals surface area contributed by atoms with E-state index in [9.17, 15) is 0 Å². The van der Waals surface area contributed by atoms with Gasteiger partial charge < -0.3 is 5.73 Å². The van der Waals surface area contributed by atoms with Crippen LogP contribution < -0.4 is 5.73 Å². The Hall–Kier alpha value is -0.610. The molecule has 0 aliphatic heterocycles. The Balaban J connectivity index is 2.28. The van der Waals surface area contributed by atoms with Crippen molar-refractivity contribution in [2.24, 2.45) is 5.73 Å². The highest BCUT2D eigenvalue weighted by atomic mass is 32.2. The fraction of sp³-hybridized carbons (Fsp3) is 0.429. The molecule has 0 atom stereocenters. The molecule has 0 saturated heterocycles. The Morgan fingerprint density at radius 3 is 3.09 bits per heavy atom. The molecular weight excluding hydrogens is 158 g/mol. The second kappa shape index (κ2) is 5.09. The van der Waals surface area contributed by atoms with Crippen molar-refractivity contribution >= 4 is 11.8 Å². The molecule has 0 unspecified atom stereocenters. The number of hydrogen-bond donors (Lipinski definition) is 1. The van der Waals surface area contributed by atoms with Crippen molar-refractivity contribution in [2.45, 2.75) is 11.4 Å². The van der Waals surface area contributed by atoms with Crippen LogP contribution in [-0.2, 0) is 0 Å². The molecular formula is C7H11N3S. The van der Waals surface area contributed by atoms with Gasteiger partial charge in [0.2, 0.25) is 0 Å². The molecule has 0 amide bonds. The minimum absolute atomic E-state index is 0.748. The van der Waals surface area contributed by atoms with E-state index in [0.717, 1.165) is 23.7 Å². The molecule has 0 aromatic carbocycles. The molecule has 3 nitrogen and oxygen atoms in total. The van der Waals surface area contributed by atoms with Crippen molar-refractivity contribution in [1.29, 1.82) is 0 Å². The maximum atomic E-state index is 5.35. The Kier molecular flexibility index (Phi) is 3.93. The van der Waals surface area contributed by atoms with Crippen LogP contribution >= 0.6 is 11.8 Å². The fourth-order valence-electron chi connectivity index (χ4n) is 0.624. The first-order chi connectivity index (χ1) is 5.43. The smallest absolute Gasteiger partial charge is 0.116 e. The number of thioether (sulfide) groups is 1. The number of rotatable bonds is 4. The van der Waals surface area contributed by atoms with Gasteiger partial charge in [-0.1, -0.05) is 0 Å². The normalized spacial score (nSPS) is 9.91. The van der Waals surface area contributed by atoms with E-state index in [0.29, 0.717) is 0 Å². The van der Waals surface area contributed by atoms with Gasteiger partial charge in [0.05, 0.1) is 5.03 Å². The largest absolute Gasteiger partial charge is 0.330 e. The van der Waals surface area contributed by atoms with E-state index in [1.807, 2.05) is 6.07 Å². The number of hydrogen-bond acceptors (Lipinski definition) is 4. The minimum atomic E-state index is 0.748. The van der Waals surface area contributed by atoms with Crippen LogP contribution in [-0.4, -0.2) is 22.3 Å². The molecule has 0 fully saturated rings. The second-order valence-corrected chi connectivity index (χ2v) is 3.15. The lowest BCUT2D eigenvalue weighted by molar-refractivity contribution is 0.939. The van der Waals surface area contributed by atoms with Crippen LogP contribution in [0.15, 0.2) is 23.6 Å². The Bertz CT molecular complexity index is 190. The zero-order valence-electron chi connectivity index (χ0n) is 6.23. The van der Waals surface area contributed by atoms with E-state index in [1.54, 1.807) is 24.3 Å². The highest BCUT2D eigenvalue weighted by molar-refractivity contribution is 7.99. The standard InChI is InChI=1S/C7H11N3S/c8-3-1-5-11-7-2-4-9-6-10-7/h2,4,6H,1,3,5,8H2. The second-order valence-electron chi connectivity index (χ2n) is 2.04. The summed E-state index contributed by atoms with van der Waals surface area (Å²) in [5.41, 5.74) is 5.35. The van der Waals surface area contributed by atoms with Gasteiger partial charge in [-0.3, -0.25) is 0 Å². The predicted molar refractivity (Wildman–Crippen MR) is 46.4 cm³/mol. The molecule has 4 heteroatoms. The molecule has 0 aliphatic carbocycles. The summed E-state index contributed by atoms with van der Waals surface area (Å²) in [6.45, 7) is 0.748. The first-order valence-corrected chi connectivity index (χ1v) is 4.51. The van der Waals surface area contributed by atoms with Crippen LogP contribution in [0.2, 0.25) is 0 Å². The first-order valence-electron chi connectivity index (χ1n) is 3.52. The average Bonchev–Trinajstić information content (AvgIpc) is 2.07. The van der Waals surface area contributed by atoms with E-state index in [1.165, 1.54) is 0 Å². The molecule has 0 saturated carbocycles. The summed E-state index contributed by atoms with van der Waals surface area (Å²) in [7, 11) is 0. The van der Waals surface area contributed by atoms with Crippen molar-refractivity contribution in [3.63, 3.8) is 0 Å². The van der Waals surface area contributed by atoms with Gasteiger partial charge in [0.25, 0.3) is 0 Å². The summed E-state index contributed by atoms with van der Waals surface area (Å²) >= 11 is 1.71.